The van der Waals surface area contributed by atoms with Crippen molar-refractivity contribution in [2.45, 2.75) is 37.3 Å². The lowest BCUT2D eigenvalue weighted by Crippen LogP contribution is -2.49. The minimum atomic E-state index is -0.0570. The van der Waals surface area contributed by atoms with Crippen molar-refractivity contribution in [2.24, 2.45) is 5.92 Å². The first-order chi connectivity index (χ1) is 10.7. The number of rotatable bonds is 3. The van der Waals surface area contributed by atoms with Crippen molar-refractivity contribution in [1.29, 1.82) is 0 Å². The number of carbonyl (C=O) groups is 1. The number of halogens is 1. The van der Waals surface area contributed by atoms with Gasteiger partial charge in [-0.2, -0.15) is 0 Å². The number of ether oxygens (including phenoxy) is 1. The molecule has 2 aliphatic rings. The third-order valence-electron chi connectivity index (χ3n) is 5.36. The largest absolute Gasteiger partial charge is 0.469 e. The van der Waals surface area contributed by atoms with E-state index in [1.165, 1.54) is 24.7 Å². The number of benzene rings is 1. The second kappa shape index (κ2) is 6.71. The molecule has 0 aromatic heterocycles. The van der Waals surface area contributed by atoms with E-state index in [1.807, 2.05) is 4.08 Å². The summed E-state index contributed by atoms with van der Waals surface area (Å²) in [7, 11) is 3.66. The second-order valence-corrected chi connectivity index (χ2v) is 7.03. The fraction of sp³-hybridized carbons (Fsp3) is 0.500. The predicted octanol–water partition coefficient (Wildman–Crippen LogP) is 3.83. The van der Waals surface area contributed by atoms with E-state index in [0.717, 1.165) is 12.8 Å². The highest BCUT2D eigenvalue weighted by molar-refractivity contribution is 14.1. The molecular formula is C18H22INO2. The van der Waals surface area contributed by atoms with Gasteiger partial charge in [-0.15, -0.1) is 0 Å². The van der Waals surface area contributed by atoms with Crippen LogP contribution in [0.15, 0.2) is 28.3 Å². The van der Waals surface area contributed by atoms with Crippen LogP contribution in [-0.4, -0.2) is 37.1 Å². The molecule has 2 heterocycles. The zero-order valence-corrected chi connectivity index (χ0v) is 15.2. The average molecular weight is 407 g/mol. The summed E-state index contributed by atoms with van der Waals surface area (Å²) in [5.41, 5.74) is 2.47. The lowest BCUT2D eigenvalue weighted by molar-refractivity contribution is -0.150. The first-order valence-corrected chi connectivity index (χ1v) is 9.06. The van der Waals surface area contributed by atoms with Gasteiger partial charge in [0.1, 0.15) is 0 Å². The number of fused-ring (bicyclic) bond motifs is 2. The highest BCUT2D eigenvalue weighted by Crippen LogP contribution is 2.46. The summed E-state index contributed by atoms with van der Waals surface area (Å²) in [4.78, 5) is 14.8. The van der Waals surface area contributed by atoms with E-state index >= 15 is 0 Å². The van der Waals surface area contributed by atoms with Crippen LogP contribution in [-0.2, 0) is 9.53 Å². The smallest absolute Gasteiger partial charge is 0.310 e. The van der Waals surface area contributed by atoms with Crippen molar-refractivity contribution in [1.82, 2.24) is 4.90 Å². The van der Waals surface area contributed by atoms with Crippen LogP contribution in [0.1, 0.15) is 36.3 Å². The van der Waals surface area contributed by atoms with E-state index in [-0.39, 0.29) is 17.8 Å². The van der Waals surface area contributed by atoms with Gasteiger partial charge in [0.05, 0.1) is 13.0 Å². The molecule has 2 saturated heterocycles. The van der Waals surface area contributed by atoms with Crippen molar-refractivity contribution in [3.05, 3.63) is 39.5 Å². The molecule has 22 heavy (non-hydrogen) atoms. The van der Waals surface area contributed by atoms with E-state index in [9.17, 15) is 4.79 Å². The summed E-state index contributed by atoms with van der Waals surface area (Å²) < 4.78 is 7.14. The summed E-state index contributed by atoms with van der Waals surface area (Å²) >= 11 is 2.23. The number of carbonyl (C=O) groups excluding carboxylic acids is 1. The lowest BCUT2D eigenvalue weighted by Gasteiger charge is -2.41. The normalized spacial score (nSPS) is 31.6. The maximum absolute atomic E-state index is 12.4. The zero-order chi connectivity index (χ0) is 15.7. The van der Waals surface area contributed by atoms with Gasteiger partial charge in [-0.3, -0.25) is 9.69 Å². The van der Waals surface area contributed by atoms with Gasteiger partial charge in [0.15, 0.2) is 0 Å². The van der Waals surface area contributed by atoms with Crippen molar-refractivity contribution in [3.8, 4) is 0 Å². The third-order valence-corrected chi connectivity index (χ3v) is 5.72. The summed E-state index contributed by atoms with van der Waals surface area (Å²) in [6.07, 6.45) is 5.43. The number of hydrogen-bond donors (Lipinski definition) is 0. The van der Waals surface area contributed by atoms with Crippen LogP contribution < -0.4 is 0 Å². The Balaban J connectivity index is 1.91. The minimum absolute atomic E-state index is 0.0419. The molecule has 1 aromatic rings. The van der Waals surface area contributed by atoms with Crippen LogP contribution in [0.2, 0.25) is 0 Å². The van der Waals surface area contributed by atoms with E-state index in [2.05, 4.69) is 64.9 Å². The van der Waals surface area contributed by atoms with E-state index in [4.69, 9.17) is 4.74 Å². The van der Waals surface area contributed by atoms with Crippen molar-refractivity contribution >= 4 is 34.6 Å². The van der Waals surface area contributed by atoms with E-state index < -0.39 is 0 Å². The van der Waals surface area contributed by atoms with Gasteiger partial charge in [-0.1, -0.05) is 46.9 Å². The Kier molecular flexibility index (Phi) is 4.88. The molecule has 0 spiro atoms. The number of hydrogen-bond acceptors (Lipinski definition) is 3. The molecule has 118 valence electrons. The molecule has 0 radical (unpaired) electrons. The standard InChI is InChI=1S/C18H22INO2/c1-20-14-7-8-16(20)17(18(21)22-2)15(11-14)13-5-3-12(4-6-13)9-10-19/h3-6,9-10,14-17H,7-8,11H2,1-2H3/b10-9-/i19-4. The van der Waals surface area contributed by atoms with Crippen molar-refractivity contribution < 1.29 is 9.53 Å². The van der Waals surface area contributed by atoms with Gasteiger partial charge in [0, 0.05) is 18.0 Å². The molecule has 2 bridgehead atoms. The Morgan fingerprint density at radius 2 is 2.05 bits per heavy atom. The van der Waals surface area contributed by atoms with Gasteiger partial charge >= 0.3 is 5.97 Å². The van der Waals surface area contributed by atoms with Gasteiger partial charge in [0.2, 0.25) is 0 Å². The van der Waals surface area contributed by atoms with Crippen LogP contribution in [0.5, 0.6) is 0 Å². The van der Waals surface area contributed by atoms with Gasteiger partial charge in [0.25, 0.3) is 0 Å². The topological polar surface area (TPSA) is 29.5 Å². The second-order valence-electron chi connectivity index (χ2n) is 6.31. The fourth-order valence-corrected chi connectivity index (χ4v) is 4.61. The van der Waals surface area contributed by atoms with Gasteiger partial charge in [-0.05, 0) is 47.6 Å². The monoisotopic (exact) mass is 407 g/mol. The quantitative estimate of drug-likeness (QED) is 0.564. The first-order valence-electron chi connectivity index (χ1n) is 7.82. The first kappa shape index (κ1) is 16.0. The summed E-state index contributed by atoms with van der Waals surface area (Å²) in [5.74, 6) is 0.178. The predicted molar refractivity (Wildman–Crippen MR) is 96.9 cm³/mol. The van der Waals surface area contributed by atoms with Gasteiger partial charge < -0.3 is 4.74 Å². The molecule has 2 fully saturated rings. The number of esters is 1. The molecule has 0 amide bonds. The average Bonchev–Trinajstić information content (AvgIpc) is 2.77. The molecule has 4 unspecified atom stereocenters. The summed E-state index contributed by atoms with van der Waals surface area (Å²) in [6.45, 7) is 0. The highest BCUT2D eigenvalue weighted by atomic mass is 123. The molecule has 4 heteroatoms. The molecule has 1 aromatic carbocycles. The fourth-order valence-electron chi connectivity index (χ4n) is 4.19. The molecular weight excluding hydrogens is 385 g/mol. The molecule has 2 aliphatic heterocycles. The number of piperidine rings is 1. The SMILES string of the molecule is COC(=O)C1C(c2ccc(/C=C\[123I])cc2)CC2CCC1N2C. The molecule has 4 atom stereocenters. The Bertz CT molecular complexity index is 569. The van der Waals surface area contributed by atoms with Crippen molar-refractivity contribution in [2.75, 3.05) is 14.2 Å². The number of methoxy groups -OCH3 is 1. The summed E-state index contributed by atoms with van der Waals surface area (Å²) in [5, 5.41) is 0. The van der Waals surface area contributed by atoms with Gasteiger partial charge in [-0.25, -0.2) is 0 Å². The minimum Gasteiger partial charge on any atom is -0.469 e. The van der Waals surface area contributed by atoms with Crippen LogP contribution >= 0.6 is 22.6 Å². The van der Waals surface area contributed by atoms with Crippen LogP contribution in [0.25, 0.3) is 6.08 Å². The third kappa shape index (κ3) is 2.83. The van der Waals surface area contributed by atoms with Crippen LogP contribution in [0.4, 0.5) is 0 Å². The Morgan fingerprint density at radius 3 is 2.68 bits per heavy atom. The summed E-state index contributed by atoms with van der Waals surface area (Å²) in [6, 6.07) is 9.56. The van der Waals surface area contributed by atoms with E-state index in [0.29, 0.717) is 12.1 Å². The molecule has 3 rings (SSSR count). The highest BCUT2D eigenvalue weighted by Gasteiger charge is 2.49. The Morgan fingerprint density at radius 1 is 1.32 bits per heavy atom. The van der Waals surface area contributed by atoms with Crippen LogP contribution in [0, 0.1) is 5.92 Å². The van der Waals surface area contributed by atoms with Crippen LogP contribution in [0.3, 0.4) is 0 Å². The molecule has 0 saturated carbocycles. The van der Waals surface area contributed by atoms with Crippen molar-refractivity contribution in [3.63, 3.8) is 0 Å². The lowest BCUT2D eigenvalue weighted by atomic mass is 9.76. The Hall–Kier alpha value is -0.880. The Labute approximate surface area is 145 Å². The molecule has 0 N–H and O–H groups in total. The molecule has 3 nitrogen and oxygen atoms in total. The maximum atomic E-state index is 12.4. The number of nitrogens with zero attached hydrogens (tertiary/aromatic N) is 1. The van der Waals surface area contributed by atoms with E-state index in [1.54, 1.807) is 0 Å². The molecule has 0 aliphatic carbocycles. The maximum Gasteiger partial charge on any atom is 0.310 e. The zero-order valence-electron chi connectivity index (χ0n) is 13.0.